The third kappa shape index (κ3) is 2.62. The summed E-state index contributed by atoms with van der Waals surface area (Å²) < 4.78 is 0. The molecule has 0 unspecified atom stereocenters. The van der Waals surface area contributed by atoms with Gasteiger partial charge < -0.3 is 0 Å². The molecule has 0 radical (unpaired) electrons. The van der Waals surface area contributed by atoms with E-state index >= 15 is 0 Å². The Bertz CT molecular complexity index is 408. The van der Waals surface area contributed by atoms with E-state index in [2.05, 4.69) is 51.8 Å². The fraction of sp³-hybridized carbons (Fsp3) is 0.364. The molecule has 15 heavy (non-hydrogen) atoms. The quantitative estimate of drug-likeness (QED) is 0.821. The fourth-order valence-corrected chi connectivity index (χ4v) is 1.62. The van der Waals surface area contributed by atoms with Crippen LogP contribution in [-0.4, -0.2) is 20.6 Å². The highest BCUT2D eigenvalue weighted by Crippen LogP contribution is 2.09. The molecule has 0 aliphatic rings. The highest BCUT2D eigenvalue weighted by molar-refractivity contribution is 5.25. The van der Waals surface area contributed by atoms with Crippen LogP contribution in [0.2, 0.25) is 0 Å². The first-order valence-corrected chi connectivity index (χ1v) is 5.18. The van der Waals surface area contributed by atoms with E-state index in [1.165, 1.54) is 17.5 Å². The average molecular weight is 202 g/mol. The molecule has 0 fully saturated rings. The summed E-state index contributed by atoms with van der Waals surface area (Å²) in [5, 5.41) is 13.9. The van der Waals surface area contributed by atoms with Crippen LogP contribution in [0.25, 0.3) is 0 Å². The zero-order chi connectivity index (χ0) is 10.5. The van der Waals surface area contributed by atoms with Crippen LogP contribution in [0, 0.1) is 0 Å². The standard InChI is InChI=1S/C11H14N4/c1-2-4-9-5-3-6-10(7-9)8-11-12-14-15-13-11/h3,5-7H,2,4,8H2,1H3,(H,12,13,14,15). The van der Waals surface area contributed by atoms with Crippen molar-refractivity contribution in [3.8, 4) is 0 Å². The van der Waals surface area contributed by atoms with Crippen LogP contribution in [-0.2, 0) is 12.8 Å². The number of hydrogen-bond donors (Lipinski definition) is 1. The lowest BCUT2D eigenvalue weighted by Gasteiger charge is -2.01. The summed E-state index contributed by atoms with van der Waals surface area (Å²) in [5.41, 5.74) is 2.61. The predicted molar refractivity (Wildman–Crippen MR) is 57.4 cm³/mol. The molecule has 0 spiro atoms. The van der Waals surface area contributed by atoms with E-state index in [0.29, 0.717) is 0 Å². The second-order valence-corrected chi connectivity index (χ2v) is 3.57. The van der Waals surface area contributed by atoms with E-state index in [-0.39, 0.29) is 0 Å². The van der Waals surface area contributed by atoms with Crippen molar-refractivity contribution in [1.29, 1.82) is 0 Å². The van der Waals surface area contributed by atoms with Crippen molar-refractivity contribution >= 4 is 0 Å². The van der Waals surface area contributed by atoms with Gasteiger partial charge in [-0.3, -0.25) is 0 Å². The van der Waals surface area contributed by atoms with Gasteiger partial charge in [0.1, 0.15) is 0 Å². The van der Waals surface area contributed by atoms with Gasteiger partial charge in [0.05, 0.1) is 0 Å². The molecule has 78 valence electrons. The van der Waals surface area contributed by atoms with Gasteiger partial charge in [-0.1, -0.05) is 42.8 Å². The van der Waals surface area contributed by atoms with Gasteiger partial charge in [-0.2, -0.15) is 5.21 Å². The second kappa shape index (κ2) is 4.68. The summed E-state index contributed by atoms with van der Waals surface area (Å²) in [6.45, 7) is 2.19. The molecular formula is C11H14N4. The van der Waals surface area contributed by atoms with Gasteiger partial charge in [-0.05, 0) is 17.5 Å². The summed E-state index contributed by atoms with van der Waals surface area (Å²) >= 11 is 0. The molecule has 1 aromatic heterocycles. The Morgan fingerprint density at radius 3 is 2.87 bits per heavy atom. The molecule has 0 saturated heterocycles. The highest BCUT2D eigenvalue weighted by atomic mass is 15.5. The number of nitrogens with zero attached hydrogens (tertiary/aromatic N) is 3. The molecule has 0 bridgehead atoms. The lowest BCUT2D eigenvalue weighted by Crippen LogP contribution is -1.93. The van der Waals surface area contributed by atoms with E-state index in [4.69, 9.17) is 0 Å². The Hall–Kier alpha value is -1.71. The van der Waals surface area contributed by atoms with Crippen molar-refractivity contribution in [2.24, 2.45) is 0 Å². The Kier molecular flexibility index (Phi) is 3.07. The van der Waals surface area contributed by atoms with Crippen LogP contribution in [0.5, 0.6) is 0 Å². The molecule has 2 rings (SSSR count). The third-order valence-corrected chi connectivity index (χ3v) is 2.28. The van der Waals surface area contributed by atoms with Gasteiger partial charge in [0.15, 0.2) is 5.82 Å². The van der Waals surface area contributed by atoms with Gasteiger partial charge in [0.2, 0.25) is 0 Å². The summed E-state index contributed by atoms with van der Waals surface area (Å²) in [6, 6.07) is 8.54. The maximum Gasteiger partial charge on any atom is 0.178 e. The molecular weight excluding hydrogens is 188 g/mol. The van der Waals surface area contributed by atoms with Crippen molar-refractivity contribution in [2.75, 3.05) is 0 Å². The summed E-state index contributed by atoms with van der Waals surface area (Å²) in [7, 11) is 0. The summed E-state index contributed by atoms with van der Waals surface area (Å²) in [4.78, 5) is 0. The number of rotatable bonds is 4. The van der Waals surface area contributed by atoms with Gasteiger partial charge in [0.25, 0.3) is 0 Å². The minimum Gasteiger partial charge on any atom is -0.177 e. The van der Waals surface area contributed by atoms with Crippen molar-refractivity contribution in [3.05, 3.63) is 41.2 Å². The normalized spacial score (nSPS) is 10.5. The SMILES string of the molecule is CCCc1cccc(Cc2nn[nH]n2)c1. The molecule has 0 aliphatic heterocycles. The summed E-state index contributed by atoms with van der Waals surface area (Å²) in [6.07, 6.45) is 3.04. The molecule has 0 atom stereocenters. The van der Waals surface area contributed by atoms with E-state index in [1.807, 2.05) is 0 Å². The molecule has 1 aromatic carbocycles. The Balaban J connectivity index is 2.11. The largest absolute Gasteiger partial charge is 0.178 e. The first-order valence-electron chi connectivity index (χ1n) is 5.18. The van der Waals surface area contributed by atoms with Crippen LogP contribution < -0.4 is 0 Å². The number of aryl methyl sites for hydroxylation is 1. The van der Waals surface area contributed by atoms with E-state index in [9.17, 15) is 0 Å². The molecule has 0 aliphatic carbocycles. The number of aromatic nitrogens is 4. The lowest BCUT2D eigenvalue weighted by molar-refractivity contribution is 0.881. The number of nitrogens with one attached hydrogen (secondary N) is 1. The zero-order valence-electron chi connectivity index (χ0n) is 8.77. The van der Waals surface area contributed by atoms with E-state index in [0.717, 1.165) is 18.7 Å². The highest BCUT2D eigenvalue weighted by Gasteiger charge is 2.01. The molecule has 4 heteroatoms. The number of hydrogen-bond acceptors (Lipinski definition) is 3. The van der Waals surface area contributed by atoms with Crippen LogP contribution in [0.1, 0.15) is 30.3 Å². The van der Waals surface area contributed by atoms with Crippen LogP contribution in [0.4, 0.5) is 0 Å². The number of benzene rings is 1. The lowest BCUT2D eigenvalue weighted by atomic mass is 10.0. The van der Waals surface area contributed by atoms with Crippen molar-refractivity contribution in [1.82, 2.24) is 20.6 Å². The smallest absolute Gasteiger partial charge is 0.177 e. The average Bonchev–Trinajstić information content (AvgIpc) is 2.71. The van der Waals surface area contributed by atoms with Crippen molar-refractivity contribution < 1.29 is 0 Å². The second-order valence-electron chi connectivity index (χ2n) is 3.57. The minimum absolute atomic E-state index is 0.739. The van der Waals surface area contributed by atoms with Gasteiger partial charge >= 0.3 is 0 Å². The minimum atomic E-state index is 0.739. The molecule has 4 nitrogen and oxygen atoms in total. The molecule has 0 saturated carbocycles. The van der Waals surface area contributed by atoms with Gasteiger partial charge in [-0.15, -0.1) is 10.2 Å². The zero-order valence-corrected chi connectivity index (χ0v) is 8.77. The number of H-pyrrole nitrogens is 1. The Morgan fingerprint density at radius 1 is 1.27 bits per heavy atom. The topological polar surface area (TPSA) is 54.5 Å². The van der Waals surface area contributed by atoms with Crippen molar-refractivity contribution in [2.45, 2.75) is 26.2 Å². The van der Waals surface area contributed by atoms with Crippen molar-refractivity contribution in [3.63, 3.8) is 0 Å². The van der Waals surface area contributed by atoms with E-state index < -0.39 is 0 Å². The third-order valence-electron chi connectivity index (χ3n) is 2.28. The van der Waals surface area contributed by atoms with Crippen LogP contribution in [0.3, 0.4) is 0 Å². The van der Waals surface area contributed by atoms with Crippen LogP contribution in [0.15, 0.2) is 24.3 Å². The first kappa shape index (κ1) is 9.83. The summed E-state index contributed by atoms with van der Waals surface area (Å²) in [5.74, 6) is 0.739. The maximum absolute atomic E-state index is 3.94. The Morgan fingerprint density at radius 2 is 2.13 bits per heavy atom. The van der Waals surface area contributed by atoms with Crippen LogP contribution >= 0.6 is 0 Å². The van der Waals surface area contributed by atoms with Gasteiger partial charge in [-0.25, -0.2) is 0 Å². The number of tetrazole rings is 1. The Labute approximate surface area is 88.7 Å². The monoisotopic (exact) mass is 202 g/mol. The van der Waals surface area contributed by atoms with Gasteiger partial charge in [0, 0.05) is 6.42 Å². The first-order chi connectivity index (χ1) is 7.38. The molecule has 1 heterocycles. The number of aromatic amines is 1. The molecule has 1 N–H and O–H groups in total. The maximum atomic E-state index is 3.94. The fourth-order valence-electron chi connectivity index (χ4n) is 1.62. The molecule has 0 amide bonds. The molecule has 2 aromatic rings. The predicted octanol–water partition coefficient (Wildman–Crippen LogP) is 1.74. The van der Waals surface area contributed by atoms with E-state index in [1.54, 1.807) is 0 Å².